The third-order valence-corrected chi connectivity index (χ3v) is 19.7. The number of carbonyl (C=O) groups excluding carboxylic acids is 1. The highest BCUT2D eigenvalue weighted by Crippen LogP contribution is 2.54. The van der Waals surface area contributed by atoms with Crippen LogP contribution >= 0.6 is 0 Å². The molecule has 1 saturated carbocycles. The molecule has 0 bridgehead atoms. The number of hydrogen-bond donors (Lipinski definition) is 3. The lowest BCUT2D eigenvalue weighted by Gasteiger charge is -2.58. The zero-order valence-electron chi connectivity index (χ0n) is 46.7. The van der Waals surface area contributed by atoms with Gasteiger partial charge in [-0.1, -0.05) is 18.2 Å². The fraction of sp³-hybridized carbons (Fsp3) is 0.500. The number of ether oxygens (including phenoxy) is 6. The van der Waals surface area contributed by atoms with Crippen molar-refractivity contribution < 1.29 is 46.6 Å². The van der Waals surface area contributed by atoms with Crippen LogP contribution in [0.5, 0.6) is 23.3 Å². The Morgan fingerprint density at radius 1 is 0.892 bits per heavy atom. The van der Waals surface area contributed by atoms with Crippen molar-refractivity contribution in [2.75, 3.05) is 92.4 Å². The Labute approximate surface area is 481 Å². The van der Waals surface area contributed by atoms with Crippen molar-refractivity contribution in [3.63, 3.8) is 0 Å². The van der Waals surface area contributed by atoms with E-state index in [1.165, 1.54) is 11.6 Å². The van der Waals surface area contributed by atoms with Gasteiger partial charge in [0, 0.05) is 93.6 Å². The molecule has 4 atom stereocenters. The summed E-state index contributed by atoms with van der Waals surface area (Å²) >= 11 is 0. The molecule has 3 aromatic carbocycles. The van der Waals surface area contributed by atoms with Gasteiger partial charge < -0.3 is 53.4 Å². The number of nitrogens with one attached hydrogen (secondary N) is 3. The molecule has 1 aliphatic carbocycles. The quantitative estimate of drug-likeness (QED) is 0.0774. The molecule has 436 valence electrons. The molecular weight excluding hydrogens is 1080 g/mol. The van der Waals surface area contributed by atoms with Gasteiger partial charge in [-0.3, -0.25) is 24.8 Å². The van der Waals surface area contributed by atoms with Crippen LogP contribution in [0.15, 0.2) is 84.0 Å². The zero-order valence-corrected chi connectivity index (χ0v) is 47.5. The van der Waals surface area contributed by atoms with Crippen molar-refractivity contribution in [2.24, 2.45) is 11.3 Å². The number of pyridine rings is 1. The maximum Gasteiger partial charge on any atom is 0.297 e. The number of fused-ring (bicyclic) bond motifs is 5. The number of nitro groups is 1. The first kappa shape index (κ1) is 53.5. The Hall–Kier alpha value is -7.47. The predicted molar refractivity (Wildman–Crippen MR) is 309 cm³/mol. The lowest BCUT2D eigenvalue weighted by Crippen LogP contribution is -2.60. The zero-order chi connectivity index (χ0) is 56.6. The van der Waals surface area contributed by atoms with Crippen LogP contribution in [0.2, 0.25) is 0 Å². The molecule has 3 N–H and O–H groups in total. The minimum Gasteiger partial charge on any atom is -0.491 e. The number of anilines is 5. The van der Waals surface area contributed by atoms with Gasteiger partial charge >= 0.3 is 0 Å². The number of aromatic amines is 1. The highest BCUT2D eigenvalue weighted by molar-refractivity contribution is 7.90. The third-order valence-electron chi connectivity index (χ3n) is 18.4. The molecule has 1 spiro atoms. The third kappa shape index (κ3) is 10.2. The molecule has 3 aromatic heterocycles. The van der Waals surface area contributed by atoms with E-state index in [1.54, 1.807) is 12.3 Å². The van der Waals surface area contributed by atoms with E-state index in [4.69, 9.17) is 43.4 Å². The lowest BCUT2D eigenvalue weighted by atomic mass is 9.59. The van der Waals surface area contributed by atoms with E-state index in [9.17, 15) is 23.3 Å². The van der Waals surface area contributed by atoms with E-state index in [2.05, 4.69) is 66.7 Å². The smallest absolute Gasteiger partial charge is 0.297 e. The summed E-state index contributed by atoms with van der Waals surface area (Å²) in [5.41, 5.74) is 4.60. The number of carbonyl (C=O) groups is 1. The second-order valence-electron chi connectivity index (χ2n) is 23.8. The number of piperidine rings is 1. The normalized spacial score (nSPS) is 23.6. The van der Waals surface area contributed by atoms with Crippen molar-refractivity contribution in [1.29, 1.82) is 0 Å². The molecule has 5 fully saturated rings. The van der Waals surface area contributed by atoms with Gasteiger partial charge in [0.05, 0.1) is 64.7 Å². The van der Waals surface area contributed by atoms with Crippen LogP contribution in [0.3, 0.4) is 0 Å². The van der Waals surface area contributed by atoms with Gasteiger partial charge in [-0.05, 0) is 119 Å². The maximum absolute atomic E-state index is 14.9. The molecule has 22 nitrogen and oxygen atoms in total. The van der Waals surface area contributed by atoms with E-state index >= 15 is 0 Å². The van der Waals surface area contributed by atoms with Crippen molar-refractivity contribution in [2.45, 2.75) is 113 Å². The summed E-state index contributed by atoms with van der Waals surface area (Å²) in [5.74, 6) is 2.02. The molecule has 83 heavy (non-hydrogen) atoms. The van der Waals surface area contributed by atoms with Crippen molar-refractivity contribution >= 4 is 61.2 Å². The molecule has 8 aliphatic rings. The molecule has 1 amide bonds. The number of H-pyrrole nitrogens is 1. The molecular formula is C60H69N11O11S. The Balaban J connectivity index is 0.739. The summed E-state index contributed by atoms with van der Waals surface area (Å²) in [5, 5.41) is 16.7. The highest BCUT2D eigenvalue weighted by Gasteiger charge is 2.51. The Morgan fingerprint density at radius 2 is 1.72 bits per heavy atom. The first-order valence-electron chi connectivity index (χ1n) is 29.4. The Kier molecular flexibility index (Phi) is 13.9. The van der Waals surface area contributed by atoms with Crippen LogP contribution in [0, 0.1) is 21.4 Å². The average molecular weight is 1150 g/mol. The number of rotatable bonds is 12. The number of aromatic nitrogens is 4. The van der Waals surface area contributed by atoms with E-state index in [1.807, 2.05) is 36.5 Å². The van der Waals surface area contributed by atoms with Crippen LogP contribution in [-0.4, -0.2) is 147 Å². The minimum absolute atomic E-state index is 0.0188. The lowest BCUT2D eigenvalue weighted by molar-refractivity contribution is -0.384. The van der Waals surface area contributed by atoms with E-state index < -0.39 is 37.5 Å². The van der Waals surface area contributed by atoms with Crippen LogP contribution < -0.4 is 43.7 Å². The second kappa shape index (κ2) is 21.6. The largest absolute Gasteiger partial charge is 0.491 e. The van der Waals surface area contributed by atoms with Crippen LogP contribution in [-0.2, 0) is 25.9 Å². The number of amides is 1. The maximum atomic E-state index is 14.9. The summed E-state index contributed by atoms with van der Waals surface area (Å²) in [6, 6.07) is 20.0. The number of aryl methyl sites for hydroxylation is 1. The molecule has 23 heteroatoms. The predicted octanol–water partition coefficient (Wildman–Crippen LogP) is 8.09. The van der Waals surface area contributed by atoms with Gasteiger partial charge in [0.15, 0.2) is 17.3 Å². The average Bonchev–Trinajstić information content (AvgIpc) is 3.80. The Bertz CT molecular complexity index is 3580. The summed E-state index contributed by atoms with van der Waals surface area (Å²) in [7, 11) is -4.72. The van der Waals surface area contributed by atoms with Crippen LogP contribution in [0.25, 0.3) is 11.0 Å². The molecule has 14 rings (SSSR count). The van der Waals surface area contributed by atoms with E-state index in [-0.39, 0.29) is 65.8 Å². The molecule has 0 unspecified atom stereocenters. The van der Waals surface area contributed by atoms with Gasteiger partial charge in [-0.25, -0.2) is 13.1 Å². The van der Waals surface area contributed by atoms with E-state index in [0.29, 0.717) is 67.7 Å². The number of piperazine rings is 1. The topological polar surface area (TPSA) is 241 Å². The summed E-state index contributed by atoms with van der Waals surface area (Å²) in [4.78, 5) is 53.8. The van der Waals surface area contributed by atoms with Gasteiger partial charge in [0.25, 0.3) is 21.6 Å². The van der Waals surface area contributed by atoms with Crippen LogP contribution in [0.1, 0.15) is 92.9 Å². The van der Waals surface area contributed by atoms with E-state index in [0.717, 1.165) is 118 Å². The first-order chi connectivity index (χ1) is 40.3. The summed E-state index contributed by atoms with van der Waals surface area (Å²) in [6.07, 6.45) is 11.3. The molecule has 10 heterocycles. The van der Waals surface area contributed by atoms with Gasteiger partial charge in [0.2, 0.25) is 11.8 Å². The number of hydrogen-bond acceptors (Lipinski definition) is 19. The number of nitro benzene ring substituents is 1. The van der Waals surface area contributed by atoms with Gasteiger partial charge in [-0.2, -0.15) is 9.97 Å². The second-order valence-corrected chi connectivity index (χ2v) is 25.5. The number of para-hydroxylation sites is 1. The standard InChI is InChI=1S/C60H69N11O11S/c1-36(2)81-51-8-4-3-6-42(51)50-33-68(54-32-62-44-7-5-22-79-58(44)64-54)20-21-69(50)40-30-60(31-40)15-18-67(19-16-60)39-9-10-43(47(27-39)70-46-14-25-78-35-53(46)82-59-49(70)26-38-11-17-61-56(38)65-59)57(72)66-83(75,76)41-28-48(71(73)74)55-52(29-41)80-34-45(63-55)37-12-23-77-24-13-37/h3-4,6,8-11,17,26-29,32,36-37,40,45-46,50,53,63H,5,7,12-16,18-25,30-31,33-35H2,1-2H3,(H,61,65)(H,66,72)/t45-,46-,50-,53-/m0/s1. The van der Waals surface area contributed by atoms with Crippen molar-refractivity contribution in [3.05, 3.63) is 106 Å². The highest BCUT2D eigenvalue weighted by atomic mass is 32.2. The summed E-state index contributed by atoms with van der Waals surface area (Å²) < 4.78 is 67.8. The fourth-order valence-electron chi connectivity index (χ4n) is 14.1. The molecule has 7 aliphatic heterocycles. The number of nitrogens with zero attached hydrogens (tertiary/aromatic N) is 8. The fourth-order valence-corrected chi connectivity index (χ4v) is 15.1. The molecule has 4 saturated heterocycles. The molecule has 6 aromatic rings. The minimum atomic E-state index is -4.72. The summed E-state index contributed by atoms with van der Waals surface area (Å²) in [6.45, 7) is 10.8. The number of sulfonamides is 1. The van der Waals surface area contributed by atoms with Crippen molar-refractivity contribution in [1.82, 2.24) is 29.6 Å². The number of benzene rings is 3. The molecule has 0 radical (unpaired) electrons. The van der Waals surface area contributed by atoms with Gasteiger partial charge in [0.1, 0.15) is 35.5 Å². The van der Waals surface area contributed by atoms with Crippen LogP contribution in [0.4, 0.5) is 34.3 Å². The Morgan fingerprint density at radius 3 is 2.55 bits per heavy atom. The van der Waals surface area contributed by atoms with Crippen molar-refractivity contribution in [3.8, 4) is 23.3 Å². The SMILES string of the molecule is CC(C)Oc1ccccc1[C@@H]1CN(c2cnc3c(n2)OCCC3)CCN1C1CC2(CCN(c3ccc(C(=O)NS(=O)(=O)c4cc5c(c([N+](=O)[O-])c4)N[C@H](C4CCOCC4)CO5)c(N4c5cc6cc[nH]c6nc5O[C@H]5COCC[C@@H]54)c3)CC2)C1. The monoisotopic (exact) mass is 1150 g/mol. The van der Waals surface area contributed by atoms with Gasteiger partial charge in [-0.15, -0.1) is 0 Å². The first-order valence-corrected chi connectivity index (χ1v) is 30.8.